The fraction of sp³-hybridized carbons (Fsp3) is 0.615. The van der Waals surface area contributed by atoms with Crippen LogP contribution in [0.2, 0.25) is 0 Å². The molecule has 2 rings (SSSR count). The lowest BCUT2D eigenvalue weighted by Crippen LogP contribution is -2.55. The number of nitrogens with one attached hydrogen (secondary N) is 1. The van der Waals surface area contributed by atoms with Gasteiger partial charge in [0.1, 0.15) is 0 Å². The van der Waals surface area contributed by atoms with Crippen molar-refractivity contribution < 1.29 is 19.4 Å². The van der Waals surface area contributed by atoms with Gasteiger partial charge in [0.05, 0.1) is 18.9 Å². The number of aryl methyl sites for hydroxylation is 2. The van der Waals surface area contributed by atoms with Crippen molar-refractivity contribution in [1.29, 1.82) is 0 Å². The highest BCUT2D eigenvalue weighted by molar-refractivity contribution is 5.83. The molecule has 0 spiro atoms. The number of hydrogen-bond acceptors (Lipinski definition) is 4. The van der Waals surface area contributed by atoms with Gasteiger partial charge >= 0.3 is 12.0 Å². The number of rotatable bonds is 3. The average molecular weight is 296 g/mol. The summed E-state index contributed by atoms with van der Waals surface area (Å²) in [5.74, 6) is -1.06. The highest BCUT2D eigenvalue weighted by Gasteiger charge is 2.32. The zero-order valence-electron chi connectivity index (χ0n) is 12.4. The van der Waals surface area contributed by atoms with Crippen LogP contribution >= 0.6 is 0 Å². The van der Waals surface area contributed by atoms with Crippen molar-refractivity contribution in [2.45, 2.75) is 26.4 Å². The molecular formula is C13H20N4O4. The number of urea groups is 1. The minimum absolute atomic E-state index is 0.0215. The molecule has 0 aromatic carbocycles. The van der Waals surface area contributed by atoms with Gasteiger partial charge in [0, 0.05) is 31.4 Å². The second-order valence-corrected chi connectivity index (χ2v) is 5.05. The van der Waals surface area contributed by atoms with Crippen LogP contribution in [0, 0.1) is 13.8 Å². The van der Waals surface area contributed by atoms with Crippen LogP contribution in [0.1, 0.15) is 17.0 Å². The SMILES string of the molecule is Cc1nn(C)c(C)c1CNC(=O)N1CCOCC1C(=O)O. The number of aromatic nitrogens is 2. The number of carbonyl (C=O) groups is 2. The molecule has 1 saturated heterocycles. The van der Waals surface area contributed by atoms with Crippen molar-refractivity contribution in [3.63, 3.8) is 0 Å². The Hall–Kier alpha value is -2.09. The lowest BCUT2D eigenvalue weighted by Gasteiger charge is -2.32. The first-order valence-corrected chi connectivity index (χ1v) is 6.76. The van der Waals surface area contributed by atoms with Crippen LogP contribution in [0.25, 0.3) is 0 Å². The van der Waals surface area contributed by atoms with Crippen molar-refractivity contribution in [1.82, 2.24) is 20.0 Å². The molecule has 21 heavy (non-hydrogen) atoms. The lowest BCUT2D eigenvalue weighted by molar-refractivity contribution is -0.147. The fourth-order valence-corrected chi connectivity index (χ4v) is 2.39. The molecule has 1 aromatic rings. The molecule has 8 heteroatoms. The van der Waals surface area contributed by atoms with E-state index < -0.39 is 18.0 Å². The summed E-state index contributed by atoms with van der Waals surface area (Å²) in [5.41, 5.74) is 2.78. The topological polar surface area (TPSA) is 96.7 Å². The number of carboxylic acid groups (broad SMARTS) is 1. The first kappa shape index (κ1) is 15.3. The second kappa shape index (κ2) is 6.13. The van der Waals surface area contributed by atoms with Crippen LogP contribution in [-0.2, 0) is 23.1 Å². The van der Waals surface area contributed by atoms with Gasteiger partial charge in [0.2, 0.25) is 0 Å². The molecule has 2 amide bonds. The number of carboxylic acids is 1. The third kappa shape index (κ3) is 3.15. The first-order chi connectivity index (χ1) is 9.91. The van der Waals surface area contributed by atoms with E-state index in [0.29, 0.717) is 13.2 Å². The van der Waals surface area contributed by atoms with Gasteiger partial charge in [0.25, 0.3) is 0 Å². The summed E-state index contributed by atoms with van der Waals surface area (Å²) in [4.78, 5) is 24.6. The van der Waals surface area contributed by atoms with Crippen LogP contribution in [-0.4, -0.2) is 57.6 Å². The van der Waals surface area contributed by atoms with Crippen molar-refractivity contribution >= 4 is 12.0 Å². The van der Waals surface area contributed by atoms with Gasteiger partial charge in [-0.15, -0.1) is 0 Å². The Kier molecular flexibility index (Phi) is 4.46. The van der Waals surface area contributed by atoms with Crippen LogP contribution in [0.3, 0.4) is 0 Å². The maximum atomic E-state index is 12.2. The number of amides is 2. The van der Waals surface area contributed by atoms with E-state index in [9.17, 15) is 9.59 Å². The van der Waals surface area contributed by atoms with Gasteiger partial charge in [-0.05, 0) is 13.8 Å². The van der Waals surface area contributed by atoms with Gasteiger partial charge in [-0.3, -0.25) is 4.68 Å². The minimum atomic E-state index is -1.06. The Morgan fingerprint density at radius 2 is 2.19 bits per heavy atom. The molecule has 0 aliphatic carbocycles. The van der Waals surface area contributed by atoms with Crippen LogP contribution in [0.4, 0.5) is 4.79 Å². The summed E-state index contributed by atoms with van der Waals surface area (Å²) in [6.07, 6.45) is 0. The number of nitrogens with zero attached hydrogens (tertiary/aromatic N) is 3. The maximum Gasteiger partial charge on any atom is 0.328 e. The van der Waals surface area contributed by atoms with Crippen molar-refractivity contribution in [2.24, 2.45) is 7.05 Å². The summed E-state index contributed by atoms with van der Waals surface area (Å²) >= 11 is 0. The number of hydrogen-bond donors (Lipinski definition) is 2. The summed E-state index contributed by atoms with van der Waals surface area (Å²) in [5, 5.41) is 16.2. The van der Waals surface area contributed by atoms with Gasteiger partial charge in [-0.1, -0.05) is 0 Å². The molecule has 2 heterocycles. The molecule has 1 atom stereocenters. The van der Waals surface area contributed by atoms with Crippen LogP contribution in [0.15, 0.2) is 0 Å². The van der Waals surface area contributed by atoms with Gasteiger partial charge < -0.3 is 20.1 Å². The monoisotopic (exact) mass is 296 g/mol. The van der Waals surface area contributed by atoms with Crippen molar-refractivity contribution in [2.75, 3.05) is 19.8 Å². The smallest absolute Gasteiger partial charge is 0.328 e. The number of ether oxygens (including phenoxy) is 1. The molecule has 0 saturated carbocycles. The van der Waals surface area contributed by atoms with E-state index in [2.05, 4.69) is 10.4 Å². The fourth-order valence-electron chi connectivity index (χ4n) is 2.39. The Morgan fingerprint density at radius 1 is 1.48 bits per heavy atom. The average Bonchev–Trinajstić information content (AvgIpc) is 2.70. The number of aliphatic carboxylic acids is 1. The molecule has 0 bridgehead atoms. The third-order valence-electron chi connectivity index (χ3n) is 3.75. The van der Waals surface area contributed by atoms with Crippen molar-refractivity contribution in [3.8, 4) is 0 Å². The van der Waals surface area contributed by atoms with E-state index >= 15 is 0 Å². The molecule has 1 aliphatic rings. The zero-order valence-corrected chi connectivity index (χ0v) is 12.4. The molecule has 1 aromatic heterocycles. The molecule has 1 unspecified atom stereocenters. The molecule has 2 N–H and O–H groups in total. The van der Waals surface area contributed by atoms with E-state index in [0.717, 1.165) is 17.0 Å². The van der Waals surface area contributed by atoms with E-state index in [1.807, 2.05) is 20.9 Å². The molecule has 8 nitrogen and oxygen atoms in total. The molecular weight excluding hydrogens is 276 g/mol. The quantitative estimate of drug-likeness (QED) is 0.820. The van der Waals surface area contributed by atoms with Crippen molar-refractivity contribution in [3.05, 3.63) is 17.0 Å². The summed E-state index contributed by atoms with van der Waals surface area (Å²) in [6, 6.07) is -1.33. The highest BCUT2D eigenvalue weighted by Crippen LogP contribution is 2.12. The second-order valence-electron chi connectivity index (χ2n) is 5.05. The van der Waals surface area contributed by atoms with E-state index in [4.69, 9.17) is 9.84 Å². The Labute approximate surface area is 122 Å². The Bertz CT molecular complexity index is 555. The summed E-state index contributed by atoms with van der Waals surface area (Å²) in [7, 11) is 1.84. The summed E-state index contributed by atoms with van der Waals surface area (Å²) in [6.45, 7) is 4.78. The Morgan fingerprint density at radius 3 is 2.76 bits per heavy atom. The summed E-state index contributed by atoms with van der Waals surface area (Å²) < 4.78 is 6.87. The molecule has 1 aliphatic heterocycles. The normalized spacial score (nSPS) is 18.6. The minimum Gasteiger partial charge on any atom is -0.480 e. The Balaban J connectivity index is 2.02. The molecule has 1 fully saturated rings. The number of morpholine rings is 1. The van der Waals surface area contributed by atoms with Crippen LogP contribution < -0.4 is 5.32 Å². The predicted octanol–water partition coefficient (Wildman–Crippen LogP) is 0.0319. The maximum absolute atomic E-state index is 12.2. The lowest BCUT2D eigenvalue weighted by atomic mass is 10.2. The third-order valence-corrected chi connectivity index (χ3v) is 3.75. The highest BCUT2D eigenvalue weighted by atomic mass is 16.5. The first-order valence-electron chi connectivity index (χ1n) is 6.76. The largest absolute Gasteiger partial charge is 0.480 e. The van der Waals surface area contributed by atoms with E-state index in [1.165, 1.54) is 4.90 Å². The van der Waals surface area contributed by atoms with E-state index in [-0.39, 0.29) is 13.2 Å². The van der Waals surface area contributed by atoms with Gasteiger partial charge in [-0.25, -0.2) is 9.59 Å². The van der Waals surface area contributed by atoms with Gasteiger partial charge in [0.15, 0.2) is 6.04 Å². The predicted molar refractivity (Wildman–Crippen MR) is 73.9 cm³/mol. The van der Waals surface area contributed by atoms with E-state index in [1.54, 1.807) is 4.68 Å². The molecule has 116 valence electrons. The molecule has 0 radical (unpaired) electrons. The van der Waals surface area contributed by atoms with Gasteiger partial charge in [-0.2, -0.15) is 5.10 Å². The number of carbonyl (C=O) groups excluding carboxylic acids is 1. The zero-order chi connectivity index (χ0) is 15.6. The standard InChI is InChI=1S/C13H20N4O4/c1-8-10(9(2)16(3)15-8)6-14-13(20)17-4-5-21-7-11(17)12(18)19/h11H,4-7H2,1-3H3,(H,14,20)(H,18,19). The van der Waals surface area contributed by atoms with Crippen LogP contribution in [0.5, 0.6) is 0 Å².